The minimum Gasteiger partial charge on any atom is -0.488 e. The number of benzene rings is 3. The molecule has 3 aromatic rings. The van der Waals surface area contributed by atoms with Crippen LogP contribution in [0.2, 0.25) is 0 Å². The molecule has 2 aliphatic rings. The Morgan fingerprint density at radius 2 is 1.76 bits per heavy atom. The molecule has 2 fully saturated rings. The quantitative estimate of drug-likeness (QED) is 0.288. The lowest BCUT2D eigenvalue weighted by atomic mass is 9.99. The molecule has 0 aliphatic heterocycles. The number of aryl methyl sites for hydroxylation is 2. The zero-order valence-electron chi connectivity index (χ0n) is 21.5. The number of carbonyl (C=O) groups is 1. The van der Waals surface area contributed by atoms with E-state index in [0.29, 0.717) is 46.8 Å². The molecule has 6 nitrogen and oxygen atoms in total. The number of aliphatic hydroxyl groups is 1. The van der Waals surface area contributed by atoms with Crippen LogP contribution in [0.3, 0.4) is 0 Å². The topological polar surface area (TPSA) is 79.8 Å². The van der Waals surface area contributed by atoms with E-state index >= 15 is 0 Å². The van der Waals surface area contributed by atoms with Crippen LogP contribution in [0.4, 0.5) is 14.5 Å². The van der Waals surface area contributed by atoms with Crippen LogP contribution in [0.25, 0.3) is 0 Å². The highest BCUT2D eigenvalue weighted by Crippen LogP contribution is 2.44. The predicted octanol–water partition coefficient (Wildman–Crippen LogP) is 6.00. The van der Waals surface area contributed by atoms with Crippen molar-refractivity contribution in [3.8, 4) is 17.2 Å². The summed E-state index contributed by atoms with van der Waals surface area (Å²) >= 11 is 0. The third-order valence-corrected chi connectivity index (χ3v) is 6.83. The summed E-state index contributed by atoms with van der Waals surface area (Å²) < 4.78 is 39.6. The number of ether oxygens (including phenoxy) is 2. The highest BCUT2D eigenvalue weighted by atomic mass is 19.1. The molecular formula is C30H32F2N2O4. The lowest BCUT2D eigenvalue weighted by Gasteiger charge is -2.17. The monoisotopic (exact) mass is 522 g/mol. The molecule has 3 aromatic carbocycles. The molecule has 0 heterocycles. The zero-order valence-corrected chi connectivity index (χ0v) is 21.5. The molecule has 0 saturated heterocycles. The Bertz CT molecular complexity index is 1340. The summed E-state index contributed by atoms with van der Waals surface area (Å²) in [6.07, 6.45) is 3.60. The number of nitrogens with one attached hydrogen (secondary N) is 2. The lowest BCUT2D eigenvalue weighted by Crippen LogP contribution is -2.32. The van der Waals surface area contributed by atoms with Gasteiger partial charge in [-0.1, -0.05) is 0 Å². The molecule has 200 valence electrons. The van der Waals surface area contributed by atoms with Gasteiger partial charge in [-0.2, -0.15) is 0 Å². The Labute approximate surface area is 221 Å². The van der Waals surface area contributed by atoms with Crippen LogP contribution in [0.5, 0.6) is 17.2 Å². The third-order valence-electron chi connectivity index (χ3n) is 6.83. The fraction of sp³-hybridized carbons (Fsp3) is 0.367. The lowest BCUT2D eigenvalue weighted by molar-refractivity contribution is 0.102. The molecule has 1 amide bonds. The molecule has 1 atom stereocenters. The van der Waals surface area contributed by atoms with Gasteiger partial charge in [-0.05, 0) is 105 Å². The number of anilines is 1. The number of hydrogen-bond donors (Lipinski definition) is 3. The van der Waals surface area contributed by atoms with Crippen LogP contribution < -0.4 is 20.1 Å². The van der Waals surface area contributed by atoms with Gasteiger partial charge in [0.1, 0.15) is 30.0 Å². The predicted molar refractivity (Wildman–Crippen MR) is 141 cm³/mol. The molecule has 0 spiro atoms. The molecule has 2 saturated carbocycles. The molecular weight excluding hydrogens is 490 g/mol. The van der Waals surface area contributed by atoms with E-state index in [2.05, 4.69) is 10.6 Å². The molecule has 0 aromatic heterocycles. The van der Waals surface area contributed by atoms with Crippen LogP contribution in [-0.4, -0.2) is 36.3 Å². The van der Waals surface area contributed by atoms with E-state index in [4.69, 9.17) is 9.47 Å². The van der Waals surface area contributed by atoms with Gasteiger partial charge < -0.3 is 25.2 Å². The van der Waals surface area contributed by atoms with Crippen molar-refractivity contribution >= 4 is 11.6 Å². The van der Waals surface area contributed by atoms with Crippen LogP contribution >= 0.6 is 0 Å². The van der Waals surface area contributed by atoms with Gasteiger partial charge >= 0.3 is 0 Å². The molecule has 38 heavy (non-hydrogen) atoms. The van der Waals surface area contributed by atoms with Gasteiger partial charge in [-0.25, -0.2) is 8.78 Å². The van der Waals surface area contributed by atoms with E-state index in [1.54, 1.807) is 19.1 Å². The first-order valence-corrected chi connectivity index (χ1v) is 13.0. The van der Waals surface area contributed by atoms with Gasteiger partial charge in [0.15, 0.2) is 11.6 Å². The summed E-state index contributed by atoms with van der Waals surface area (Å²) in [6.45, 7) is 4.00. The van der Waals surface area contributed by atoms with Crippen LogP contribution in [0.1, 0.15) is 58.6 Å². The first kappa shape index (κ1) is 26.1. The molecule has 2 aliphatic carbocycles. The molecule has 5 rings (SSSR count). The maximum Gasteiger partial charge on any atom is 0.259 e. The summed E-state index contributed by atoms with van der Waals surface area (Å²) in [6, 6.07) is 12.4. The van der Waals surface area contributed by atoms with E-state index in [9.17, 15) is 18.7 Å². The third kappa shape index (κ3) is 6.49. The van der Waals surface area contributed by atoms with Gasteiger partial charge in [0.05, 0.1) is 5.56 Å². The number of hydrogen-bond acceptors (Lipinski definition) is 5. The smallest absolute Gasteiger partial charge is 0.259 e. The Hall–Kier alpha value is -3.49. The van der Waals surface area contributed by atoms with Gasteiger partial charge in [0.2, 0.25) is 0 Å². The average molecular weight is 523 g/mol. The second kappa shape index (κ2) is 11.1. The summed E-state index contributed by atoms with van der Waals surface area (Å²) in [7, 11) is 0. The van der Waals surface area contributed by atoms with Crippen molar-refractivity contribution in [3.63, 3.8) is 0 Å². The minimum absolute atomic E-state index is 0.0630. The van der Waals surface area contributed by atoms with Gasteiger partial charge in [-0.3, -0.25) is 4.79 Å². The van der Waals surface area contributed by atoms with Crippen molar-refractivity contribution in [2.75, 3.05) is 18.5 Å². The van der Waals surface area contributed by atoms with Crippen molar-refractivity contribution in [2.24, 2.45) is 0 Å². The van der Waals surface area contributed by atoms with E-state index in [-0.39, 0.29) is 18.2 Å². The zero-order chi connectivity index (χ0) is 26.8. The maximum absolute atomic E-state index is 14.4. The van der Waals surface area contributed by atoms with Gasteiger partial charge in [0, 0.05) is 24.3 Å². The standard InChI is InChI=1S/C30H32F2N2O4/c1-17-12-25(28(14-24(17)19-3-4-19)38-27-10-5-20(31)11-18(27)2)30(36)34-22-8-9-26(32)29(13-22)37-16-23(35)15-33-21-6-7-21/h5,8-14,19,21,23,33,35H,3-4,6-7,15-16H2,1-2H3,(H,34,36). The first-order valence-electron chi connectivity index (χ1n) is 13.0. The molecule has 1 unspecified atom stereocenters. The summed E-state index contributed by atoms with van der Waals surface area (Å²) in [5.74, 6) is -0.186. The fourth-order valence-electron chi connectivity index (χ4n) is 4.37. The number of carbonyl (C=O) groups excluding carboxylic acids is 1. The maximum atomic E-state index is 14.4. The van der Waals surface area contributed by atoms with E-state index in [1.807, 2.05) is 13.0 Å². The van der Waals surface area contributed by atoms with E-state index < -0.39 is 17.8 Å². The number of amides is 1. The molecule has 3 N–H and O–H groups in total. The van der Waals surface area contributed by atoms with Crippen molar-refractivity contribution in [1.29, 1.82) is 0 Å². The number of rotatable bonds is 11. The van der Waals surface area contributed by atoms with Gasteiger partial charge in [0.25, 0.3) is 5.91 Å². The highest BCUT2D eigenvalue weighted by molar-refractivity contribution is 6.06. The van der Waals surface area contributed by atoms with Crippen LogP contribution in [-0.2, 0) is 0 Å². The van der Waals surface area contributed by atoms with Crippen LogP contribution in [0.15, 0.2) is 48.5 Å². The summed E-state index contributed by atoms with van der Waals surface area (Å²) in [5, 5.41) is 16.1. The molecule has 0 bridgehead atoms. The van der Waals surface area contributed by atoms with Crippen molar-refractivity contribution < 1.29 is 28.2 Å². The van der Waals surface area contributed by atoms with Gasteiger partial charge in [-0.15, -0.1) is 0 Å². The Morgan fingerprint density at radius 3 is 2.47 bits per heavy atom. The largest absolute Gasteiger partial charge is 0.488 e. The number of halogens is 2. The fourth-order valence-corrected chi connectivity index (χ4v) is 4.37. The van der Waals surface area contributed by atoms with Crippen LogP contribution in [0, 0.1) is 25.5 Å². The van der Waals surface area contributed by atoms with Crippen molar-refractivity contribution in [3.05, 3.63) is 82.4 Å². The van der Waals surface area contributed by atoms with E-state index in [0.717, 1.165) is 36.8 Å². The van der Waals surface area contributed by atoms with Crippen molar-refractivity contribution in [1.82, 2.24) is 5.32 Å². The summed E-state index contributed by atoms with van der Waals surface area (Å²) in [4.78, 5) is 13.4. The Balaban J connectivity index is 1.34. The minimum atomic E-state index is -0.782. The highest BCUT2D eigenvalue weighted by Gasteiger charge is 2.28. The van der Waals surface area contributed by atoms with E-state index in [1.165, 1.54) is 30.3 Å². The molecule has 0 radical (unpaired) electrons. The summed E-state index contributed by atoms with van der Waals surface area (Å²) in [5.41, 5.74) is 3.37. The SMILES string of the molecule is Cc1cc(F)ccc1Oc1cc(C2CC2)c(C)cc1C(=O)Nc1ccc(F)c(OCC(O)CNC2CC2)c1. The Morgan fingerprint density at radius 1 is 0.974 bits per heavy atom. The molecule has 8 heteroatoms. The van der Waals surface area contributed by atoms with Crippen molar-refractivity contribution in [2.45, 2.75) is 57.6 Å². The normalized spacial score (nSPS) is 15.7. The second-order valence-electron chi connectivity index (χ2n) is 10.2. The average Bonchev–Trinajstić information content (AvgIpc) is 3.80. The number of aliphatic hydroxyl groups excluding tert-OH is 1. The Kier molecular flexibility index (Phi) is 7.63. The second-order valence-corrected chi connectivity index (χ2v) is 10.2. The first-order chi connectivity index (χ1) is 18.3.